The van der Waals surface area contributed by atoms with Crippen molar-refractivity contribution in [2.45, 2.75) is 39.3 Å². The van der Waals surface area contributed by atoms with E-state index < -0.39 is 11.7 Å². The van der Waals surface area contributed by atoms with Crippen molar-refractivity contribution in [2.24, 2.45) is 0 Å². The summed E-state index contributed by atoms with van der Waals surface area (Å²) >= 11 is 0. The number of benzene rings is 1. The van der Waals surface area contributed by atoms with Gasteiger partial charge in [-0.1, -0.05) is 0 Å². The minimum absolute atomic E-state index is 0.0667. The lowest BCUT2D eigenvalue weighted by Crippen LogP contribution is -2.43. The smallest absolute Gasteiger partial charge is 0.407 e. The van der Waals surface area contributed by atoms with Crippen LogP contribution in [0.25, 0.3) is 0 Å². The standard InChI is InChI=1S/C17H28N2O4/c1-12(18-16(20)23-17(2,3)4)11-19(5)13-8-9-14(21-6)15(10-13)22-7/h8-10,12H,11H2,1-7H3,(H,18,20). The number of rotatable bonds is 6. The molecule has 0 bridgehead atoms. The van der Waals surface area contributed by atoms with Crippen molar-refractivity contribution < 1.29 is 19.0 Å². The zero-order chi connectivity index (χ0) is 17.6. The molecule has 1 aromatic rings. The summed E-state index contributed by atoms with van der Waals surface area (Å²) < 4.78 is 15.8. The van der Waals surface area contributed by atoms with Gasteiger partial charge >= 0.3 is 6.09 Å². The van der Waals surface area contributed by atoms with E-state index in [-0.39, 0.29) is 6.04 Å². The third-order valence-electron chi connectivity index (χ3n) is 3.12. The van der Waals surface area contributed by atoms with E-state index in [0.717, 1.165) is 5.69 Å². The summed E-state index contributed by atoms with van der Waals surface area (Å²) in [5, 5.41) is 2.83. The molecular formula is C17H28N2O4. The van der Waals surface area contributed by atoms with Crippen LogP contribution in [-0.2, 0) is 4.74 Å². The summed E-state index contributed by atoms with van der Waals surface area (Å²) in [5.74, 6) is 1.36. The molecule has 0 aliphatic rings. The Labute approximate surface area is 138 Å². The third-order valence-corrected chi connectivity index (χ3v) is 3.12. The van der Waals surface area contributed by atoms with Gasteiger partial charge in [0.15, 0.2) is 11.5 Å². The number of amides is 1. The maximum Gasteiger partial charge on any atom is 0.407 e. The molecule has 0 heterocycles. The van der Waals surface area contributed by atoms with Gasteiger partial charge in [0.1, 0.15) is 5.60 Å². The summed E-state index contributed by atoms with van der Waals surface area (Å²) in [6, 6.07) is 5.64. The highest BCUT2D eigenvalue weighted by molar-refractivity contribution is 5.68. The molecule has 1 unspecified atom stereocenters. The highest BCUT2D eigenvalue weighted by Crippen LogP contribution is 2.31. The first kappa shape index (κ1) is 18.9. The number of alkyl carbamates (subject to hydrolysis) is 1. The van der Waals surface area contributed by atoms with Gasteiger partial charge in [-0.25, -0.2) is 4.79 Å². The van der Waals surface area contributed by atoms with Gasteiger partial charge in [-0.05, 0) is 39.8 Å². The van der Waals surface area contributed by atoms with Crippen LogP contribution in [0.5, 0.6) is 11.5 Å². The number of methoxy groups -OCH3 is 2. The number of nitrogens with one attached hydrogen (secondary N) is 1. The van der Waals surface area contributed by atoms with E-state index in [1.807, 2.05) is 57.8 Å². The Morgan fingerprint density at radius 2 is 1.83 bits per heavy atom. The van der Waals surface area contributed by atoms with Crippen LogP contribution in [0.3, 0.4) is 0 Å². The van der Waals surface area contributed by atoms with Gasteiger partial charge in [0.25, 0.3) is 0 Å². The van der Waals surface area contributed by atoms with Gasteiger partial charge in [-0.2, -0.15) is 0 Å². The molecule has 6 nitrogen and oxygen atoms in total. The minimum atomic E-state index is -0.501. The molecule has 1 rings (SSSR count). The molecule has 6 heteroatoms. The second-order valence-electron chi connectivity index (χ2n) is 6.47. The Bertz CT molecular complexity index is 526. The van der Waals surface area contributed by atoms with E-state index >= 15 is 0 Å². The second-order valence-corrected chi connectivity index (χ2v) is 6.47. The molecule has 0 saturated carbocycles. The molecule has 0 aliphatic carbocycles. The Morgan fingerprint density at radius 1 is 1.22 bits per heavy atom. The Kier molecular flexibility index (Phi) is 6.54. The summed E-state index contributed by atoms with van der Waals surface area (Å²) in [6.45, 7) is 8.09. The molecule has 1 amide bonds. The molecule has 0 saturated heterocycles. The molecule has 1 aromatic carbocycles. The number of hydrogen-bond donors (Lipinski definition) is 1. The zero-order valence-corrected chi connectivity index (χ0v) is 15.1. The van der Waals surface area contributed by atoms with Crippen molar-refractivity contribution in [1.29, 1.82) is 0 Å². The Hall–Kier alpha value is -2.11. The van der Waals surface area contributed by atoms with E-state index in [1.54, 1.807) is 14.2 Å². The largest absolute Gasteiger partial charge is 0.493 e. The van der Waals surface area contributed by atoms with Crippen molar-refractivity contribution in [2.75, 3.05) is 32.7 Å². The number of hydrogen-bond acceptors (Lipinski definition) is 5. The van der Waals surface area contributed by atoms with E-state index in [4.69, 9.17) is 14.2 Å². The van der Waals surface area contributed by atoms with Crippen LogP contribution in [0.4, 0.5) is 10.5 Å². The summed E-state index contributed by atoms with van der Waals surface area (Å²) in [6.07, 6.45) is -0.411. The molecule has 0 aromatic heterocycles. The van der Waals surface area contributed by atoms with Crippen LogP contribution in [-0.4, -0.2) is 45.5 Å². The average molecular weight is 324 g/mol. The monoisotopic (exact) mass is 324 g/mol. The first-order valence-electron chi connectivity index (χ1n) is 7.59. The SMILES string of the molecule is COc1ccc(N(C)CC(C)NC(=O)OC(C)(C)C)cc1OC. The topological polar surface area (TPSA) is 60.0 Å². The number of carbonyl (C=O) groups is 1. The van der Waals surface area contributed by atoms with Crippen LogP contribution < -0.4 is 19.7 Å². The summed E-state index contributed by atoms with van der Waals surface area (Å²) in [5.41, 5.74) is 0.472. The molecule has 130 valence electrons. The van der Waals surface area contributed by atoms with Crippen LogP contribution >= 0.6 is 0 Å². The first-order chi connectivity index (χ1) is 10.7. The lowest BCUT2D eigenvalue weighted by molar-refractivity contribution is 0.0510. The van der Waals surface area contributed by atoms with E-state index in [2.05, 4.69) is 5.32 Å². The van der Waals surface area contributed by atoms with Gasteiger partial charge < -0.3 is 24.4 Å². The van der Waals surface area contributed by atoms with Gasteiger partial charge in [-0.3, -0.25) is 0 Å². The van der Waals surface area contributed by atoms with Crippen LogP contribution in [0.2, 0.25) is 0 Å². The predicted octanol–water partition coefficient (Wildman–Crippen LogP) is 3.05. The Morgan fingerprint density at radius 3 is 2.35 bits per heavy atom. The molecule has 23 heavy (non-hydrogen) atoms. The Balaban J connectivity index is 2.65. The molecule has 0 spiro atoms. The average Bonchev–Trinajstić information content (AvgIpc) is 2.43. The normalized spacial score (nSPS) is 12.3. The molecule has 0 fully saturated rings. The van der Waals surface area contributed by atoms with E-state index in [1.165, 1.54) is 0 Å². The van der Waals surface area contributed by atoms with E-state index in [0.29, 0.717) is 18.0 Å². The first-order valence-corrected chi connectivity index (χ1v) is 7.59. The number of ether oxygens (including phenoxy) is 3. The van der Waals surface area contributed by atoms with Crippen molar-refractivity contribution in [3.63, 3.8) is 0 Å². The van der Waals surface area contributed by atoms with Gasteiger partial charge in [0.05, 0.1) is 14.2 Å². The molecule has 0 radical (unpaired) electrons. The number of anilines is 1. The van der Waals surface area contributed by atoms with Crippen molar-refractivity contribution >= 4 is 11.8 Å². The fourth-order valence-corrected chi connectivity index (χ4v) is 2.13. The minimum Gasteiger partial charge on any atom is -0.493 e. The summed E-state index contributed by atoms with van der Waals surface area (Å²) in [7, 11) is 5.16. The van der Waals surface area contributed by atoms with Crippen LogP contribution in [0, 0.1) is 0 Å². The van der Waals surface area contributed by atoms with Crippen LogP contribution in [0.1, 0.15) is 27.7 Å². The maximum atomic E-state index is 11.8. The van der Waals surface area contributed by atoms with E-state index in [9.17, 15) is 4.79 Å². The van der Waals surface area contributed by atoms with Gasteiger partial charge in [0.2, 0.25) is 0 Å². The molecular weight excluding hydrogens is 296 g/mol. The highest BCUT2D eigenvalue weighted by Gasteiger charge is 2.18. The number of carbonyl (C=O) groups excluding carboxylic acids is 1. The third kappa shape index (κ3) is 6.26. The zero-order valence-electron chi connectivity index (χ0n) is 15.1. The highest BCUT2D eigenvalue weighted by atomic mass is 16.6. The molecule has 1 N–H and O–H groups in total. The fourth-order valence-electron chi connectivity index (χ4n) is 2.13. The number of likely N-dealkylation sites (N-methyl/N-ethyl adjacent to an activating group) is 1. The van der Waals surface area contributed by atoms with Crippen molar-refractivity contribution in [3.8, 4) is 11.5 Å². The van der Waals surface area contributed by atoms with Gasteiger partial charge in [-0.15, -0.1) is 0 Å². The summed E-state index contributed by atoms with van der Waals surface area (Å²) in [4.78, 5) is 13.8. The fraction of sp³-hybridized carbons (Fsp3) is 0.588. The lowest BCUT2D eigenvalue weighted by atomic mass is 10.2. The number of nitrogens with zero attached hydrogens (tertiary/aromatic N) is 1. The second kappa shape index (κ2) is 7.94. The predicted molar refractivity (Wildman–Crippen MR) is 91.6 cm³/mol. The molecule has 1 atom stereocenters. The maximum absolute atomic E-state index is 11.8. The van der Waals surface area contributed by atoms with Crippen LogP contribution in [0.15, 0.2) is 18.2 Å². The molecule has 0 aliphatic heterocycles. The van der Waals surface area contributed by atoms with Gasteiger partial charge in [0, 0.05) is 31.4 Å². The van der Waals surface area contributed by atoms with Crippen molar-refractivity contribution in [1.82, 2.24) is 5.32 Å². The lowest BCUT2D eigenvalue weighted by Gasteiger charge is -2.26. The van der Waals surface area contributed by atoms with Crippen molar-refractivity contribution in [3.05, 3.63) is 18.2 Å². The quantitative estimate of drug-likeness (QED) is 0.871.